The van der Waals surface area contributed by atoms with Crippen molar-refractivity contribution >= 4 is 11.8 Å². The first-order chi connectivity index (χ1) is 14.7. The van der Waals surface area contributed by atoms with E-state index in [1.807, 2.05) is 18.2 Å². The number of amides is 2. The largest absolute Gasteiger partial charge is 0.467 e. The topological polar surface area (TPSA) is 107 Å². The molecule has 0 spiro atoms. The lowest BCUT2D eigenvalue weighted by Crippen LogP contribution is -2.35. The van der Waals surface area contributed by atoms with Gasteiger partial charge < -0.3 is 24.1 Å². The lowest BCUT2D eigenvalue weighted by molar-refractivity contribution is -0.121. The van der Waals surface area contributed by atoms with E-state index in [0.717, 1.165) is 5.56 Å². The van der Waals surface area contributed by atoms with Gasteiger partial charge in [0.2, 0.25) is 12.7 Å². The van der Waals surface area contributed by atoms with Crippen LogP contribution >= 0.6 is 0 Å². The average molecular weight is 408 g/mol. The lowest BCUT2D eigenvalue weighted by atomic mass is 10.2. The Labute approximate surface area is 172 Å². The van der Waals surface area contributed by atoms with E-state index in [0.29, 0.717) is 23.8 Å². The number of benzene rings is 1. The summed E-state index contributed by atoms with van der Waals surface area (Å²) in [5.74, 6) is 1.49. The Morgan fingerprint density at radius 2 is 2.03 bits per heavy atom. The van der Waals surface area contributed by atoms with Crippen LogP contribution in [0, 0.1) is 0 Å². The van der Waals surface area contributed by atoms with Crippen molar-refractivity contribution in [1.82, 2.24) is 20.2 Å². The van der Waals surface area contributed by atoms with Crippen LogP contribution in [0.2, 0.25) is 0 Å². The fourth-order valence-electron chi connectivity index (χ4n) is 2.99. The highest BCUT2D eigenvalue weighted by Crippen LogP contribution is 2.32. The zero-order chi connectivity index (χ0) is 20.8. The Morgan fingerprint density at radius 1 is 1.13 bits per heavy atom. The summed E-state index contributed by atoms with van der Waals surface area (Å²) >= 11 is 0. The molecule has 9 heteroatoms. The number of hydrogen-bond acceptors (Lipinski definition) is 7. The molecule has 2 aromatic heterocycles. The van der Waals surface area contributed by atoms with E-state index < -0.39 is 0 Å². The number of nitrogens with one attached hydrogen (secondary N) is 1. The van der Waals surface area contributed by atoms with Crippen molar-refractivity contribution < 1.29 is 23.5 Å². The third-order valence-corrected chi connectivity index (χ3v) is 4.53. The predicted molar refractivity (Wildman–Crippen MR) is 105 cm³/mol. The molecule has 30 heavy (non-hydrogen) atoms. The van der Waals surface area contributed by atoms with E-state index in [4.69, 9.17) is 13.9 Å². The molecule has 0 atom stereocenters. The van der Waals surface area contributed by atoms with Gasteiger partial charge >= 0.3 is 0 Å². The maximum atomic E-state index is 12.8. The summed E-state index contributed by atoms with van der Waals surface area (Å²) in [6.07, 6.45) is 6.03. The molecule has 0 saturated carbocycles. The van der Waals surface area contributed by atoms with Crippen LogP contribution in [-0.4, -0.2) is 40.0 Å². The molecule has 1 aliphatic rings. The molecule has 0 saturated heterocycles. The van der Waals surface area contributed by atoms with Crippen LogP contribution in [-0.2, 0) is 17.9 Å². The smallest absolute Gasteiger partial charge is 0.274 e. The van der Waals surface area contributed by atoms with Gasteiger partial charge in [0.25, 0.3) is 5.91 Å². The van der Waals surface area contributed by atoms with Gasteiger partial charge in [-0.2, -0.15) is 0 Å². The third kappa shape index (κ3) is 4.75. The van der Waals surface area contributed by atoms with Crippen molar-refractivity contribution in [2.24, 2.45) is 0 Å². The van der Waals surface area contributed by atoms with Crippen LogP contribution in [0.15, 0.2) is 59.6 Å². The van der Waals surface area contributed by atoms with E-state index in [1.54, 1.807) is 18.4 Å². The Morgan fingerprint density at radius 3 is 2.83 bits per heavy atom. The number of nitrogens with zero attached hydrogens (tertiary/aromatic N) is 3. The molecule has 1 aromatic carbocycles. The molecule has 4 rings (SSSR count). The number of ether oxygens (including phenoxy) is 2. The number of rotatable bonds is 8. The van der Waals surface area contributed by atoms with E-state index in [1.165, 1.54) is 23.5 Å². The van der Waals surface area contributed by atoms with Gasteiger partial charge in [0.15, 0.2) is 11.5 Å². The summed E-state index contributed by atoms with van der Waals surface area (Å²) in [5.41, 5.74) is 1.11. The highest BCUT2D eigenvalue weighted by Gasteiger charge is 2.20. The predicted octanol–water partition coefficient (Wildman–Crippen LogP) is 2.15. The van der Waals surface area contributed by atoms with Crippen LogP contribution < -0.4 is 14.8 Å². The SMILES string of the molecule is O=C(CCN(Cc1ccco1)C(=O)c1cnccn1)NCc1ccc2c(c1)OCO2. The minimum atomic E-state index is -0.317. The van der Waals surface area contributed by atoms with Gasteiger partial charge in [-0.1, -0.05) is 6.07 Å². The van der Waals surface area contributed by atoms with Crippen LogP contribution in [0.25, 0.3) is 0 Å². The van der Waals surface area contributed by atoms with Crippen LogP contribution in [0.5, 0.6) is 11.5 Å². The average Bonchev–Trinajstić information content (AvgIpc) is 3.46. The summed E-state index contributed by atoms with van der Waals surface area (Å²) in [6, 6.07) is 9.04. The van der Waals surface area contributed by atoms with Gasteiger partial charge in [0, 0.05) is 31.9 Å². The van der Waals surface area contributed by atoms with E-state index >= 15 is 0 Å². The van der Waals surface area contributed by atoms with E-state index in [2.05, 4.69) is 15.3 Å². The first-order valence-electron chi connectivity index (χ1n) is 9.42. The molecular formula is C21H20N4O5. The number of fused-ring (bicyclic) bond motifs is 1. The Hall–Kier alpha value is -3.88. The van der Waals surface area contributed by atoms with Gasteiger partial charge in [0.05, 0.1) is 19.0 Å². The normalized spacial score (nSPS) is 11.9. The molecule has 1 aliphatic heterocycles. The van der Waals surface area contributed by atoms with Crippen molar-refractivity contribution in [3.63, 3.8) is 0 Å². The monoisotopic (exact) mass is 408 g/mol. The van der Waals surface area contributed by atoms with Gasteiger partial charge in [-0.25, -0.2) is 4.98 Å². The Bertz CT molecular complexity index is 1010. The molecule has 0 bridgehead atoms. The maximum Gasteiger partial charge on any atom is 0.274 e. The molecule has 3 aromatic rings. The molecule has 9 nitrogen and oxygen atoms in total. The molecular weight excluding hydrogens is 388 g/mol. The van der Waals surface area contributed by atoms with E-state index in [9.17, 15) is 9.59 Å². The summed E-state index contributed by atoms with van der Waals surface area (Å²) in [7, 11) is 0. The standard InChI is InChI=1S/C21H20N4O5/c26-20(24-11-15-3-4-18-19(10-15)30-14-29-18)5-8-25(13-16-2-1-9-28-16)21(27)17-12-22-6-7-23-17/h1-4,6-7,9-10,12H,5,8,11,13-14H2,(H,24,26). The third-order valence-electron chi connectivity index (χ3n) is 4.53. The van der Waals surface area contributed by atoms with E-state index in [-0.39, 0.29) is 43.8 Å². The molecule has 3 heterocycles. The minimum absolute atomic E-state index is 0.136. The highest BCUT2D eigenvalue weighted by atomic mass is 16.7. The number of carbonyl (C=O) groups is 2. The first kappa shape index (κ1) is 19.4. The number of aromatic nitrogens is 2. The zero-order valence-electron chi connectivity index (χ0n) is 16.1. The number of furan rings is 1. The second-order valence-corrected chi connectivity index (χ2v) is 6.61. The van der Waals surface area contributed by atoms with Crippen molar-refractivity contribution in [3.05, 3.63) is 72.2 Å². The van der Waals surface area contributed by atoms with Gasteiger partial charge in [-0.3, -0.25) is 14.6 Å². The first-order valence-corrected chi connectivity index (χ1v) is 9.42. The Balaban J connectivity index is 1.34. The van der Waals surface area contributed by atoms with Gasteiger partial charge in [-0.05, 0) is 29.8 Å². The van der Waals surface area contributed by atoms with Crippen LogP contribution in [0.4, 0.5) is 0 Å². The molecule has 0 unspecified atom stereocenters. The summed E-state index contributed by atoms with van der Waals surface area (Å²) in [4.78, 5) is 34.7. The molecule has 0 aliphatic carbocycles. The molecule has 1 N–H and O–H groups in total. The van der Waals surface area contributed by atoms with Crippen molar-refractivity contribution in [2.45, 2.75) is 19.5 Å². The van der Waals surface area contributed by atoms with Crippen LogP contribution in [0.1, 0.15) is 28.2 Å². The van der Waals surface area contributed by atoms with Crippen molar-refractivity contribution in [3.8, 4) is 11.5 Å². The Kier molecular flexibility index (Phi) is 5.88. The highest BCUT2D eigenvalue weighted by molar-refractivity contribution is 5.92. The second kappa shape index (κ2) is 9.08. The fourth-order valence-corrected chi connectivity index (χ4v) is 2.99. The quantitative estimate of drug-likeness (QED) is 0.609. The lowest BCUT2D eigenvalue weighted by Gasteiger charge is -2.21. The molecule has 0 radical (unpaired) electrons. The maximum absolute atomic E-state index is 12.8. The van der Waals surface area contributed by atoms with Crippen molar-refractivity contribution in [1.29, 1.82) is 0 Å². The fraction of sp³-hybridized carbons (Fsp3) is 0.238. The molecule has 154 valence electrons. The molecule has 2 amide bonds. The number of carbonyl (C=O) groups excluding carboxylic acids is 2. The summed E-state index contributed by atoms with van der Waals surface area (Å²) in [6.45, 7) is 1.00. The second-order valence-electron chi connectivity index (χ2n) is 6.61. The zero-order valence-corrected chi connectivity index (χ0v) is 16.1. The summed E-state index contributed by atoms with van der Waals surface area (Å²) in [5, 5.41) is 2.86. The number of hydrogen-bond donors (Lipinski definition) is 1. The minimum Gasteiger partial charge on any atom is -0.467 e. The molecule has 0 fully saturated rings. The van der Waals surface area contributed by atoms with Gasteiger partial charge in [-0.15, -0.1) is 0 Å². The summed E-state index contributed by atoms with van der Waals surface area (Å²) < 4.78 is 16.0. The van der Waals surface area contributed by atoms with Crippen LogP contribution in [0.3, 0.4) is 0 Å². The van der Waals surface area contributed by atoms with Gasteiger partial charge in [0.1, 0.15) is 11.5 Å². The van der Waals surface area contributed by atoms with Crippen molar-refractivity contribution in [2.75, 3.05) is 13.3 Å².